The zero-order chi connectivity index (χ0) is 14.8. The van der Waals surface area contributed by atoms with Gasteiger partial charge in [0.25, 0.3) is 0 Å². The summed E-state index contributed by atoms with van der Waals surface area (Å²) in [5, 5.41) is 9.54. The molecule has 0 amide bonds. The number of aliphatic hydroxyl groups excluding tert-OH is 1. The lowest BCUT2D eigenvalue weighted by Crippen LogP contribution is -2.26. The third-order valence-electron chi connectivity index (χ3n) is 2.90. The first-order valence-electron chi connectivity index (χ1n) is 5.98. The Kier molecular flexibility index (Phi) is 4.49. The molecule has 0 spiro atoms. The van der Waals surface area contributed by atoms with Gasteiger partial charge in [-0.25, -0.2) is 13.1 Å². The molecule has 0 aliphatic heterocycles. The standard InChI is InChI=1S/C13H15ClN2O3S/c1-9(10-2-4-11(14)5-3-10)16-20(18,19)13-6-12(8-17)15-7-13/h2-7,9,15-17H,8H2,1H3. The quantitative estimate of drug-likeness (QED) is 0.791. The van der Waals surface area contributed by atoms with Crippen molar-refractivity contribution in [3.05, 3.63) is 52.8 Å². The van der Waals surface area contributed by atoms with Crippen LogP contribution >= 0.6 is 11.6 Å². The van der Waals surface area contributed by atoms with Crippen LogP contribution < -0.4 is 4.72 Å². The van der Waals surface area contributed by atoms with Crippen LogP contribution in [0.4, 0.5) is 0 Å². The van der Waals surface area contributed by atoms with Gasteiger partial charge in [-0.2, -0.15) is 0 Å². The van der Waals surface area contributed by atoms with Crippen LogP contribution in [0.25, 0.3) is 0 Å². The van der Waals surface area contributed by atoms with E-state index in [9.17, 15) is 8.42 Å². The second kappa shape index (κ2) is 5.97. The fraction of sp³-hybridized carbons (Fsp3) is 0.231. The number of hydrogen-bond acceptors (Lipinski definition) is 3. The zero-order valence-electron chi connectivity index (χ0n) is 10.8. The SMILES string of the molecule is CC(NS(=O)(=O)c1c[nH]c(CO)c1)c1ccc(Cl)cc1. The van der Waals surface area contributed by atoms with Gasteiger partial charge in [-0.1, -0.05) is 23.7 Å². The van der Waals surface area contributed by atoms with Gasteiger partial charge in [0.2, 0.25) is 10.0 Å². The first-order chi connectivity index (χ1) is 9.42. The summed E-state index contributed by atoms with van der Waals surface area (Å²) in [5.74, 6) is 0. The molecule has 1 aromatic heterocycles. The second-order valence-electron chi connectivity index (χ2n) is 4.41. The Hall–Kier alpha value is -1.34. The third-order valence-corrected chi connectivity index (χ3v) is 4.67. The Morgan fingerprint density at radius 2 is 2.00 bits per heavy atom. The number of aromatic nitrogens is 1. The summed E-state index contributed by atoms with van der Waals surface area (Å²) in [6.45, 7) is 1.52. The van der Waals surface area contributed by atoms with Crippen molar-refractivity contribution in [2.45, 2.75) is 24.5 Å². The van der Waals surface area contributed by atoms with Crippen molar-refractivity contribution in [2.75, 3.05) is 0 Å². The fourth-order valence-corrected chi connectivity index (χ4v) is 3.16. The van der Waals surface area contributed by atoms with E-state index in [0.717, 1.165) is 5.56 Å². The summed E-state index contributed by atoms with van der Waals surface area (Å²) in [5.41, 5.74) is 1.26. The number of hydrogen-bond donors (Lipinski definition) is 3. The van der Waals surface area contributed by atoms with Crippen LogP contribution in [-0.2, 0) is 16.6 Å². The molecule has 5 nitrogen and oxygen atoms in total. The highest BCUT2D eigenvalue weighted by molar-refractivity contribution is 7.89. The van der Waals surface area contributed by atoms with E-state index in [4.69, 9.17) is 16.7 Å². The van der Waals surface area contributed by atoms with Crippen LogP contribution in [0, 0.1) is 0 Å². The van der Waals surface area contributed by atoms with Crippen molar-refractivity contribution >= 4 is 21.6 Å². The minimum atomic E-state index is -3.63. The summed E-state index contributed by atoms with van der Waals surface area (Å²) in [6, 6.07) is 7.97. The zero-order valence-corrected chi connectivity index (χ0v) is 12.4. The van der Waals surface area contributed by atoms with Crippen LogP contribution in [0.15, 0.2) is 41.4 Å². The topological polar surface area (TPSA) is 82.2 Å². The Labute approximate surface area is 122 Å². The van der Waals surface area contributed by atoms with Crippen LogP contribution in [-0.4, -0.2) is 18.5 Å². The molecule has 1 aromatic carbocycles. The van der Waals surface area contributed by atoms with E-state index in [1.165, 1.54) is 12.3 Å². The third kappa shape index (κ3) is 3.40. The van der Waals surface area contributed by atoms with Crippen molar-refractivity contribution in [3.63, 3.8) is 0 Å². The van der Waals surface area contributed by atoms with E-state index in [1.807, 2.05) is 0 Å². The smallest absolute Gasteiger partial charge is 0.242 e. The maximum absolute atomic E-state index is 12.2. The molecule has 0 aliphatic carbocycles. The summed E-state index contributed by atoms with van der Waals surface area (Å²) in [7, 11) is -3.63. The number of rotatable bonds is 5. The number of benzene rings is 1. The highest BCUT2D eigenvalue weighted by Gasteiger charge is 2.19. The van der Waals surface area contributed by atoms with Gasteiger partial charge in [0.15, 0.2) is 0 Å². The van der Waals surface area contributed by atoms with Crippen molar-refractivity contribution in [3.8, 4) is 0 Å². The molecule has 3 N–H and O–H groups in total. The van der Waals surface area contributed by atoms with Gasteiger partial charge < -0.3 is 10.1 Å². The predicted molar refractivity (Wildman–Crippen MR) is 76.9 cm³/mol. The number of aliphatic hydroxyl groups is 1. The summed E-state index contributed by atoms with van der Waals surface area (Å²) in [4.78, 5) is 2.79. The average molecular weight is 315 g/mol. The van der Waals surface area contributed by atoms with Crippen LogP contribution in [0.3, 0.4) is 0 Å². The van der Waals surface area contributed by atoms with E-state index < -0.39 is 10.0 Å². The van der Waals surface area contributed by atoms with Gasteiger partial charge in [0, 0.05) is 23.0 Å². The molecule has 2 aromatic rings. The van der Waals surface area contributed by atoms with Gasteiger partial charge in [-0.05, 0) is 30.7 Å². The molecular formula is C13H15ClN2O3S. The number of sulfonamides is 1. The number of nitrogens with one attached hydrogen (secondary N) is 2. The second-order valence-corrected chi connectivity index (χ2v) is 6.56. The Balaban J connectivity index is 2.17. The molecule has 0 fully saturated rings. The molecule has 0 radical (unpaired) electrons. The van der Waals surface area contributed by atoms with Gasteiger partial charge in [0.05, 0.1) is 11.5 Å². The first-order valence-corrected chi connectivity index (χ1v) is 7.84. The Morgan fingerprint density at radius 1 is 1.35 bits per heavy atom. The molecule has 108 valence electrons. The molecule has 1 atom stereocenters. The van der Waals surface area contributed by atoms with Crippen LogP contribution in [0.2, 0.25) is 5.02 Å². The van der Waals surface area contributed by atoms with Crippen LogP contribution in [0.1, 0.15) is 24.2 Å². The predicted octanol–water partition coefficient (Wildman–Crippen LogP) is 2.20. The maximum atomic E-state index is 12.2. The molecule has 1 unspecified atom stereocenters. The lowest BCUT2D eigenvalue weighted by Gasteiger charge is -2.14. The number of H-pyrrole nitrogens is 1. The number of halogens is 1. The Bertz CT molecular complexity index is 680. The van der Waals surface area contributed by atoms with Crippen molar-refractivity contribution < 1.29 is 13.5 Å². The monoisotopic (exact) mass is 314 g/mol. The Morgan fingerprint density at radius 3 is 2.55 bits per heavy atom. The van der Waals surface area contributed by atoms with Gasteiger partial charge >= 0.3 is 0 Å². The molecular weight excluding hydrogens is 300 g/mol. The summed E-state index contributed by atoms with van der Waals surface area (Å²) in [6.07, 6.45) is 1.35. The minimum Gasteiger partial charge on any atom is -0.390 e. The molecule has 20 heavy (non-hydrogen) atoms. The summed E-state index contributed by atoms with van der Waals surface area (Å²) < 4.78 is 26.9. The van der Waals surface area contributed by atoms with E-state index in [2.05, 4.69) is 9.71 Å². The molecule has 2 rings (SSSR count). The largest absolute Gasteiger partial charge is 0.390 e. The first kappa shape index (κ1) is 15.1. The lowest BCUT2D eigenvalue weighted by atomic mass is 10.1. The maximum Gasteiger partial charge on any atom is 0.242 e. The summed E-state index contributed by atoms with van der Waals surface area (Å²) >= 11 is 5.80. The van der Waals surface area contributed by atoms with Crippen LogP contribution in [0.5, 0.6) is 0 Å². The minimum absolute atomic E-state index is 0.0994. The normalized spacial score (nSPS) is 13.3. The molecule has 0 saturated heterocycles. The molecule has 0 bridgehead atoms. The lowest BCUT2D eigenvalue weighted by molar-refractivity contribution is 0.277. The number of aromatic amines is 1. The van der Waals surface area contributed by atoms with Gasteiger partial charge in [-0.3, -0.25) is 0 Å². The molecule has 0 aliphatic rings. The highest BCUT2D eigenvalue weighted by Crippen LogP contribution is 2.19. The highest BCUT2D eigenvalue weighted by atomic mass is 35.5. The van der Waals surface area contributed by atoms with Crippen molar-refractivity contribution in [1.29, 1.82) is 0 Å². The van der Waals surface area contributed by atoms with E-state index >= 15 is 0 Å². The van der Waals surface area contributed by atoms with Crippen molar-refractivity contribution in [1.82, 2.24) is 9.71 Å². The fourth-order valence-electron chi connectivity index (χ4n) is 1.79. The molecule has 0 saturated carbocycles. The van der Waals surface area contributed by atoms with Crippen molar-refractivity contribution in [2.24, 2.45) is 0 Å². The molecule has 1 heterocycles. The van der Waals surface area contributed by atoms with Gasteiger partial charge in [-0.15, -0.1) is 0 Å². The average Bonchev–Trinajstić information content (AvgIpc) is 2.88. The van der Waals surface area contributed by atoms with E-state index in [-0.39, 0.29) is 17.5 Å². The van der Waals surface area contributed by atoms with E-state index in [0.29, 0.717) is 10.7 Å². The molecule has 7 heteroatoms. The van der Waals surface area contributed by atoms with E-state index in [1.54, 1.807) is 31.2 Å². The van der Waals surface area contributed by atoms with Gasteiger partial charge in [0.1, 0.15) is 0 Å².